The Morgan fingerprint density at radius 1 is 1.05 bits per heavy atom. The van der Waals surface area contributed by atoms with Crippen LogP contribution in [-0.2, 0) is 6.54 Å². The van der Waals surface area contributed by atoms with E-state index in [2.05, 4.69) is 60.9 Å². The molecule has 102 valence electrons. The van der Waals surface area contributed by atoms with Gasteiger partial charge >= 0.3 is 0 Å². The summed E-state index contributed by atoms with van der Waals surface area (Å²) in [6.45, 7) is 4.97. The van der Waals surface area contributed by atoms with Crippen LogP contribution in [0.2, 0.25) is 0 Å². The quantitative estimate of drug-likeness (QED) is 0.926. The largest absolute Gasteiger partial charge is 0.242 e. The lowest BCUT2D eigenvalue weighted by Crippen LogP contribution is -2.42. The first kappa shape index (κ1) is 12.7. The van der Waals surface area contributed by atoms with Crippen LogP contribution in [0, 0.1) is 13.8 Å². The van der Waals surface area contributed by atoms with Crippen molar-refractivity contribution in [2.45, 2.75) is 20.4 Å². The predicted molar refractivity (Wildman–Crippen MR) is 82.0 cm³/mol. The SMILES string of the molecule is Cc1cccc(CN2NN=CN2c2ccccc2C)c1. The minimum Gasteiger partial charge on any atom is -0.242 e. The van der Waals surface area contributed by atoms with Gasteiger partial charge in [-0.25, -0.2) is 10.5 Å². The van der Waals surface area contributed by atoms with Crippen molar-refractivity contribution in [3.63, 3.8) is 0 Å². The van der Waals surface area contributed by atoms with Crippen LogP contribution in [0.15, 0.2) is 53.6 Å². The molecular weight excluding hydrogens is 248 g/mol. The summed E-state index contributed by atoms with van der Waals surface area (Å²) in [4.78, 5) is 0. The van der Waals surface area contributed by atoms with Crippen LogP contribution in [0.1, 0.15) is 16.7 Å². The first-order chi connectivity index (χ1) is 9.74. The fourth-order valence-corrected chi connectivity index (χ4v) is 2.37. The summed E-state index contributed by atoms with van der Waals surface area (Å²) in [6, 6.07) is 16.8. The number of anilines is 1. The number of hydrazine groups is 2. The minimum absolute atomic E-state index is 0.760. The molecule has 3 rings (SSSR count). The molecule has 0 spiro atoms. The number of hydrazone groups is 1. The average molecular weight is 266 g/mol. The van der Waals surface area contributed by atoms with Crippen LogP contribution in [0.4, 0.5) is 5.69 Å². The van der Waals surface area contributed by atoms with Crippen LogP contribution in [-0.4, -0.2) is 11.5 Å². The fourth-order valence-electron chi connectivity index (χ4n) is 2.37. The standard InChI is InChI=1S/C16H18N4/c1-13-6-5-8-15(10-13)11-20-18-17-12-19(20)16-9-4-3-7-14(16)2/h3-10,12,18H,11H2,1-2H3. The van der Waals surface area contributed by atoms with Crippen molar-refractivity contribution in [3.8, 4) is 0 Å². The van der Waals surface area contributed by atoms with Gasteiger partial charge in [-0.1, -0.05) is 48.0 Å². The highest BCUT2D eigenvalue weighted by atomic mass is 15.9. The van der Waals surface area contributed by atoms with Crippen molar-refractivity contribution in [3.05, 3.63) is 65.2 Å². The van der Waals surface area contributed by atoms with Gasteiger partial charge in [-0.05, 0) is 31.0 Å². The Balaban J connectivity index is 1.82. The number of nitrogens with zero attached hydrogens (tertiary/aromatic N) is 3. The molecular formula is C16H18N4. The van der Waals surface area contributed by atoms with Crippen LogP contribution in [0.5, 0.6) is 0 Å². The lowest BCUT2D eigenvalue weighted by molar-refractivity contribution is 0.213. The maximum absolute atomic E-state index is 4.16. The number of benzene rings is 2. The molecule has 0 radical (unpaired) electrons. The molecule has 2 aromatic carbocycles. The zero-order valence-corrected chi connectivity index (χ0v) is 11.7. The lowest BCUT2D eigenvalue weighted by Gasteiger charge is -2.27. The lowest BCUT2D eigenvalue weighted by atomic mass is 10.1. The molecule has 1 aliphatic heterocycles. The Morgan fingerprint density at radius 3 is 2.70 bits per heavy atom. The number of rotatable bonds is 3. The van der Waals surface area contributed by atoms with Gasteiger partial charge in [-0.15, -0.1) is 5.12 Å². The Hall–Kier alpha value is -2.33. The summed E-state index contributed by atoms with van der Waals surface area (Å²) in [7, 11) is 0. The molecule has 0 amide bonds. The molecule has 0 bridgehead atoms. The van der Waals surface area contributed by atoms with E-state index in [4.69, 9.17) is 0 Å². The van der Waals surface area contributed by atoms with Crippen LogP contribution < -0.4 is 10.5 Å². The van der Waals surface area contributed by atoms with Gasteiger partial charge in [0.2, 0.25) is 0 Å². The molecule has 0 atom stereocenters. The topological polar surface area (TPSA) is 30.9 Å². The third-order valence-electron chi connectivity index (χ3n) is 3.38. The second-order valence-electron chi connectivity index (χ2n) is 5.02. The van der Waals surface area contributed by atoms with Crippen molar-refractivity contribution < 1.29 is 0 Å². The Bertz CT molecular complexity index is 636. The molecule has 0 saturated carbocycles. The first-order valence-corrected chi connectivity index (χ1v) is 6.71. The van der Waals surface area contributed by atoms with Crippen molar-refractivity contribution in [1.29, 1.82) is 0 Å². The summed E-state index contributed by atoms with van der Waals surface area (Å²) in [5.41, 5.74) is 7.90. The van der Waals surface area contributed by atoms with Gasteiger partial charge in [0.1, 0.15) is 6.34 Å². The fraction of sp³-hybridized carbons (Fsp3) is 0.188. The first-order valence-electron chi connectivity index (χ1n) is 6.71. The number of hydrogen-bond acceptors (Lipinski definition) is 4. The van der Waals surface area contributed by atoms with Gasteiger partial charge in [0.15, 0.2) is 0 Å². The number of nitrogens with one attached hydrogen (secondary N) is 1. The molecule has 0 aliphatic carbocycles. The van der Waals surface area contributed by atoms with Gasteiger partial charge in [0.05, 0.1) is 12.2 Å². The van der Waals surface area contributed by atoms with Gasteiger partial charge in [-0.2, -0.15) is 5.10 Å². The summed E-state index contributed by atoms with van der Waals surface area (Å²) < 4.78 is 0. The minimum atomic E-state index is 0.760. The summed E-state index contributed by atoms with van der Waals surface area (Å²) in [6.07, 6.45) is 1.80. The molecule has 4 heteroatoms. The average Bonchev–Trinajstić information content (AvgIpc) is 2.87. The molecule has 1 N–H and O–H groups in total. The van der Waals surface area contributed by atoms with Crippen LogP contribution >= 0.6 is 0 Å². The third-order valence-corrected chi connectivity index (χ3v) is 3.38. The Labute approximate surface area is 119 Å². The van der Waals surface area contributed by atoms with Crippen molar-refractivity contribution in [1.82, 2.24) is 10.7 Å². The van der Waals surface area contributed by atoms with Gasteiger partial charge in [0, 0.05) is 0 Å². The molecule has 20 heavy (non-hydrogen) atoms. The van der Waals surface area contributed by atoms with Crippen molar-refractivity contribution >= 4 is 12.0 Å². The summed E-state index contributed by atoms with van der Waals surface area (Å²) in [5, 5.41) is 8.20. The highest BCUT2D eigenvalue weighted by molar-refractivity contribution is 5.80. The number of para-hydroxylation sites is 1. The molecule has 0 fully saturated rings. The third kappa shape index (κ3) is 2.51. The summed E-state index contributed by atoms with van der Waals surface area (Å²) in [5.74, 6) is 0. The van der Waals surface area contributed by atoms with E-state index in [0.717, 1.165) is 12.2 Å². The molecule has 1 aliphatic rings. The van der Waals surface area contributed by atoms with E-state index in [-0.39, 0.29) is 0 Å². The molecule has 4 nitrogen and oxygen atoms in total. The van der Waals surface area contributed by atoms with Gasteiger partial charge in [0.25, 0.3) is 0 Å². The normalized spacial score (nSPS) is 14.6. The van der Waals surface area contributed by atoms with E-state index in [1.807, 2.05) is 22.3 Å². The number of aryl methyl sites for hydroxylation is 2. The maximum Gasteiger partial charge on any atom is 0.133 e. The van der Waals surface area contributed by atoms with E-state index in [1.165, 1.54) is 16.7 Å². The molecule has 0 aromatic heterocycles. The van der Waals surface area contributed by atoms with E-state index in [1.54, 1.807) is 6.34 Å². The van der Waals surface area contributed by atoms with Crippen LogP contribution in [0.3, 0.4) is 0 Å². The predicted octanol–water partition coefficient (Wildman–Crippen LogP) is 2.99. The van der Waals surface area contributed by atoms with Crippen molar-refractivity contribution in [2.24, 2.45) is 5.10 Å². The van der Waals surface area contributed by atoms with E-state index < -0.39 is 0 Å². The highest BCUT2D eigenvalue weighted by Gasteiger charge is 2.20. The second kappa shape index (κ2) is 5.35. The highest BCUT2D eigenvalue weighted by Crippen LogP contribution is 2.22. The van der Waals surface area contributed by atoms with E-state index in [0.29, 0.717) is 0 Å². The van der Waals surface area contributed by atoms with Gasteiger partial charge in [-0.3, -0.25) is 0 Å². The smallest absolute Gasteiger partial charge is 0.133 e. The number of hydrogen-bond donors (Lipinski definition) is 1. The monoisotopic (exact) mass is 266 g/mol. The zero-order valence-electron chi connectivity index (χ0n) is 11.7. The van der Waals surface area contributed by atoms with Gasteiger partial charge < -0.3 is 0 Å². The zero-order chi connectivity index (χ0) is 13.9. The van der Waals surface area contributed by atoms with E-state index in [9.17, 15) is 0 Å². The molecule has 1 heterocycles. The Morgan fingerprint density at radius 2 is 1.90 bits per heavy atom. The molecule has 0 saturated heterocycles. The second-order valence-corrected chi connectivity index (χ2v) is 5.02. The Kier molecular flexibility index (Phi) is 3.39. The molecule has 2 aromatic rings. The van der Waals surface area contributed by atoms with Crippen LogP contribution in [0.25, 0.3) is 0 Å². The van der Waals surface area contributed by atoms with E-state index >= 15 is 0 Å². The maximum atomic E-state index is 4.16. The van der Waals surface area contributed by atoms with Crippen molar-refractivity contribution in [2.75, 3.05) is 5.01 Å². The summed E-state index contributed by atoms with van der Waals surface area (Å²) >= 11 is 0. The molecule has 0 unspecified atom stereocenters.